The van der Waals surface area contributed by atoms with Gasteiger partial charge in [-0.2, -0.15) is 0 Å². The van der Waals surface area contributed by atoms with Crippen molar-refractivity contribution in [2.75, 3.05) is 0 Å². The number of allylic oxidation sites excluding steroid dienone is 6. The van der Waals surface area contributed by atoms with Crippen LogP contribution < -0.4 is 10.4 Å². The predicted octanol–water partition coefficient (Wildman–Crippen LogP) is 21.9. The Hall–Kier alpha value is -10.7. The lowest BCUT2D eigenvalue weighted by Gasteiger charge is -2.21. The third-order valence-electron chi connectivity index (χ3n) is 19.5. The average Bonchev–Trinajstić information content (AvgIpc) is 2.15. The van der Waals surface area contributed by atoms with Gasteiger partial charge >= 0.3 is 0 Å². The molecule has 0 saturated heterocycles. The van der Waals surface area contributed by atoms with Crippen LogP contribution in [0.3, 0.4) is 0 Å². The maximum Gasteiger partial charge on any atom is 0.143 e. The second-order valence-corrected chi connectivity index (χ2v) is 24.6. The summed E-state index contributed by atoms with van der Waals surface area (Å²) in [4.78, 5) is 0. The number of nitrogens with zero attached hydrogens (tertiary/aromatic N) is 1. The van der Waals surface area contributed by atoms with E-state index >= 15 is 0 Å². The quantitative estimate of drug-likeness (QED) is 0.144. The number of fused-ring (bicyclic) bond motifs is 11. The minimum absolute atomic E-state index is 0.835. The van der Waals surface area contributed by atoms with E-state index < -0.39 is 0 Å². The lowest BCUT2D eigenvalue weighted by atomic mass is 9.86. The Balaban J connectivity index is 0.896. The van der Waals surface area contributed by atoms with Crippen LogP contribution in [0, 0.1) is 0 Å². The van der Waals surface area contributed by atoms with Crippen LogP contribution in [-0.2, 0) is 12.8 Å². The van der Waals surface area contributed by atoms with Gasteiger partial charge in [0.1, 0.15) is 22.5 Å². The summed E-state index contributed by atoms with van der Waals surface area (Å²) in [6.07, 6.45) is 24.5. The average molecular weight is 1140 g/mol. The molecule has 18 rings (SSSR count). The smallest absolute Gasteiger partial charge is 0.143 e. The molecule has 0 radical (unpaired) electrons. The number of furan rings is 2. The van der Waals surface area contributed by atoms with E-state index in [4.69, 9.17) is 8.83 Å². The molecule has 3 heteroatoms. The molecule has 11 aromatic carbocycles. The molecule has 0 atom stereocenters. The number of rotatable bonds is 9. The summed E-state index contributed by atoms with van der Waals surface area (Å²) >= 11 is 0. The van der Waals surface area contributed by atoms with E-state index in [0.29, 0.717) is 0 Å². The maximum absolute atomic E-state index is 7.20. The van der Waals surface area contributed by atoms with E-state index in [1.165, 1.54) is 127 Å². The van der Waals surface area contributed by atoms with E-state index in [2.05, 4.69) is 278 Å². The van der Waals surface area contributed by atoms with Gasteiger partial charge in [-0.05, 0) is 217 Å². The molecule has 89 heavy (non-hydrogen) atoms. The van der Waals surface area contributed by atoms with Crippen LogP contribution in [0.4, 0.5) is 0 Å². The van der Waals surface area contributed by atoms with Crippen molar-refractivity contribution in [3.05, 3.63) is 298 Å². The highest BCUT2D eigenvalue weighted by atomic mass is 16.3. The molecule has 3 nitrogen and oxygen atoms in total. The van der Waals surface area contributed by atoms with Gasteiger partial charge in [0, 0.05) is 61.6 Å². The van der Waals surface area contributed by atoms with Gasteiger partial charge in [-0.3, -0.25) is 0 Å². The molecule has 0 amide bonds. The van der Waals surface area contributed by atoms with Gasteiger partial charge in [-0.25, -0.2) is 0 Å². The van der Waals surface area contributed by atoms with Crippen molar-refractivity contribution in [1.29, 1.82) is 0 Å². The van der Waals surface area contributed by atoms with Gasteiger partial charge in [0.2, 0.25) is 0 Å². The topological polar surface area (TPSA) is 31.2 Å². The van der Waals surface area contributed by atoms with Crippen molar-refractivity contribution in [2.45, 2.75) is 51.4 Å². The highest BCUT2D eigenvalue weighted by Crippen LogP contribution is 2.48. The van der Waals surface area contributed by atoms with Crippen molar-refractivity contribution in [2.24, 2.45) is 0 Å². The molecule has 4 aliphatic rings. The molecule has 3 heterocycles. The van der Waals surface area contributed by atoms with Gasteiger partial charge in [0.05, 0.1) is 5.52 Å². The SMILES string of the molecule is C1=CCCC(C2=Cc3c(oc4c(C5=Cc6c(n(-c7ccc8c(-c9ccccc9)c9c(c(-c%10ccccc%10)c8c7)=CCCC=9)c7ccc(-c8cc(-c9ccccc9)cc9c8oc8ccc(-c%10ccccc%10)cc89)cc67)CC5)cc(-c5ccccc5)cc34)CC2)=C1. The zero-order chi connectivity index (χ0) is 58.5. The summed E-state index contributed by atoms with van der Waals surface area (Å²) in [5.41, 5.74) is 28.5. The van der Waals surface area contributed by atoms with Crippen molar-refractivity contribution >= 4 is 84.5 Å². The molecule has 0 aliphatic heterocycles. The van der Waals surface area contributed by atoms with Crippen molar-refractivity contribution in [3.8, 4) is 72.4 Å². The highest BCUT2D eigenvalue weighted by molar-refractivity contribution is 6.14. The molecule has 0 fully saturated rings. The summed E-state index contributed by atoms with van der Waals surface area (Å²) in [7, 11) is 0. The van der Waals surface area contributed by atoms with Gasteiger partial charge in [0.15, 0.2) is 0 Å². The van der Waals surface area contributed by atoms with Crippen molar-refractivity contribution in [3.63, 3.8) is 0 Å². The molecule has 0 bridgehead atoms. The molecule has 3 aromatic heterocycles. The van der Waals surface area contributed by atoms with Crippen LogP contribution in [-0.4, -0.2) is 4.57 Å². The molecule has 14 aromatic rings. The highest BCUT2D eigenvalue weighted by Gasteiger charge is 2.29. The van der Waals surface area contributed by atoms with E-state index in [0.717, 1.165) is 107 Å². The minimum Gasteiger partial charge on any atom is -0.460 e. The first-order valence-corrected chi connectivity index (χ1v) is 31.7. The normalized spacial score (nSPS) is 14.5. The second kappa shape index (κ2) is 21.0. The summed E-state index contributed by atoms with van der Waals surface area (Å²) in [5, 5.41) is 9.79. The fourth-order valence-corrected chi connectivity index (χ4v) is 15.3. The first-order valence-electron chi connectivity index (χ1n) is 31.7. The Morgan fingerprint density at radius 2 is 0.910 bits per heavy atom. The van der Waals surface area contributed by atoms with Gasteiger partial charge in [0.25, 0.3) is 0 Å². The van der Waals surface area contributed by atoms with Gasteiger partial charge in [-0.1, -0.05) is 200 Å². The lowest BCUT2D eigenvalue weighted by Crippen LogP contribution is -2.31. The Bertz CT molecular complexity index is 5490. The summed E-state index contributed by atoms with van der Waals surface area (Å²) in [5.74, 6) is 1.09. The van der Waals surface area contributed by atoms with Crippen LogP contribution in [0.1, 0.15) is 66.7 Å². The largest absolute Gasteiger partial charge is 0.460 e. The van der Waals surface area contributed by atoms with Crippen LogP contribution in [0.25, 0.3) is 157 Å². The van der Waals surface area contributed by atoms with Gasteiger partial charge < -0.3 is 13.4 Å². The number of benzene rings is 11. The first kappa shape index (κ1) is 51.5. The summed E-state index contributed by atoms with van der Waals surface area (Å²) < 4.78 is 16.9. The molecule has 0 spiro atoms. The van der Waals surface area contributed by atoms with Crippen molar-refractivity contribution in [1.82, 2.24) is 4.57 Å². The van der Waals surface area contributed by atoms with Crippen LogP contribution >= 0.6 is 0 Å². The standard InChI is InChI=1S/C86H61NO2/c1-7-21-54(22-8-1)60-37-43-81-74(45-60)77-51-64(56-25-11-3-12-26-56)49-70(85(77)88-81)62-35-41-79-72(47-62)73-48-63(71-50-65(57-27-13-4-14-28-57)52-78-75-46-61(55-23-9-2-10-24-55)38-44-82(75)89-86(71)78)36-42-80(73)87(79)66-39-40-69-76(53-66)84(59-31-17-6-18-32-59)68-34-20-19-33-67(68)83(69)58-29-15-5-16-30-58/h1-9,11-18,21-23,25-35,37,39-41,43,45-53H,10,19-20,24,36,38,42,44H2. The summed E-state index contributed by atoms with van der Waals surface area (Å²) in [6.45, 7) is 0. The predicted molar refractivity (Wildman–Crippen MR) is 373 cm³/mol. The molecule has 0 saturated carbocycles. The third-order valence-corrected chi connectivity index (χ3v) is 19.5. The Labute approximate surface area is 517 Å². The number of aryl methyl sites for hydroxylation is 1. The molecule has 0 N–H and O–H groups in total. The number of hydrogen-bond acceptors (Lipinski definition) is 2. The van der Waals surface area contributed by atoms with E-state index in [9.17, 15) is 0 Å². The van der Waals surface area contributed by atoms with E-state index in [1.54, 1.807) is 0 Å². The maximum atomic E-state index is 7.20. The molecular formula is C86H61NO2. The zero-order valence-corrected chi connectivity index (χ0v) is 49.4. The van der Waals surface area contributed by atoms with E-state index in [-0.39, 0.29) is 0 Å². The fourth-order valence-electron chi connectivity index (χ4n) is 15.3. The summed E-state index contributed by atoms with van der Waals surface area (Å²) in [6, 6.07) is 85.2. The lowest BCUT2D eigenvalue weighted by molar-refractivity contribution is 0.542. The first-order chi connectivity index (χ1) is 44.1. The van der Waals surface area contributed by atoms with E-state index in [1.807, 2.05) is 0 Å². The Kier molecular flexibility index (Phi) is 12.1. The third kappa shape index (κ3) is 8.62. The number of hydrogen-bond donors (Lipinski definition) is 0. The Morgan fingerprint density at radius 3 is 1.58 bits per heavy atom. The monoisotopic (exact) mass is 1140 g/mol. The second-order valence-electron chi connectivity index (χ2n) is 24.6. The van der Waals surface area contributed by atoms with Crippen LogP contribution in [0.2, 0.25) is 0 Å². The fraction of sp³-hybridized carbons (Fsp3) is 0.0930. The van der Waals surface area contributed by atoms with Gasteiger partial charge in [-0.15, -0.1) is 0 Å². The molecule has 0 unspecified atom stereocenters. The zero-order valence-electron chi connectivity index (χ0n) is 49.4. The Morgan fingerprint density at radius 1 is 0.337 bits per heavy atom. The van der Waals surface area contributed by atoms with Crippen LogP contribution in [0.5, 0.6) is 0 Å². The minimum atomic E-state index is 0.835. The molecule has 422 valence electrons. The van der Waals surface area contributed by atoms with Crippen LogP contribution in [0.15, 0.2) is 269 Å². The molecular weight excluding hydrogens is 1080 g/mol. The number of aromatic nitrogens is 1. The molecule has 4 aliphatic carbocycles. The van der Waals surface area contributed by atoms with Crippen molar-refractivity contribution < 1.29 is 8.83 Å².